The molecule has 0 spiro atoms. The zero-order valence-corrected chi connectivity index (χ0v) is 15.8. The lowest BCUT2D eigenvalue weighted by molar-refractivity contribution is 0.0896. The number of aryl methyl sites for hydroxylation is 1. The van der Waals surface area contributed by atoms with Gasteiger partial charge in [0.25, 0.3) is 5.91 Å². The Balaban J connectivity index is 1.35. The highest BCUT2D eigenvalue weighted by molar-refractivity contribution is 5.96. The van der Waals surface area contributed by atoms with Crippen LogP contribution in [0, 0.1) is 0 Å². The number of aromatic nitrogens is 3. The molecule has 0 aliphatic carbocycles. The summed E-state index contributed by atoms with van der Waals surface area (Å²) in [6, 6.07) is 13.0. The van der Waals surface area contributed by atoms with E-state index in [1.807, 2.05) is 17.7 Å². The number of nitrogens with one attached hydrogen (secondary N) is 1. The van der Waals surface area contributed by atoms with Crippen molar-refractivity contribution in [3.05, 3.63) is 60.0 Å². The highest BCUT2D eigenvalue weighted by atomic mass is 16.1. The van der Waals surface area contributed by atoms with E-state index in [1.165, 1.54) is 5.56 Å². The Labute approximate surface area is 159 Å². The van der Waals surface area contributed by atoms with Crippen LogP contribution in [0.3, 0.4) is 0 Å². The minimum absolute atomic E-state index is 0.0652. The molecule has 1 fully saturated rings. The van der Waals surface area contributed by atoms with Crippen LogP contribution >= 0.6 is 0 Å². The number of imidazole rings is 1. The molecule has 6 heteroatoms. The Hall–Kier alpha value is -2.73. The number of rotatable bonds is 4. The smallest absolute Gasteiger partial charge is 0.253 e. The zero-order valence-electron chi connectivity index (χ0n) is 15.8. The summed E-state index contributed by atoms with van der Waals surface area (Å²) >= 11 is 0. The van der Waals surface area contributed by atoms with Gasteiger partial charge < -0.3 is 9.88 Å². The molecule has 140 valence electrons. The predicted molar refractivity (Wildman–Crippen MR) is 105 cm³/mol. The normalized spacial score (nSPS) is 17.1. The van der Waals surface area contributed by atoms with Gasteiger partial charge in [-0.25, -0.2) is 9.97 Å². The lowest BCUT2D eigenvalue weighted by Gasteiger charge is -2.36. The molecule has 1 aliphatic heterocycles. The van der Waals surface area contributed by atoms with Gasteiger partial charge in [-0.3, -0.25) is 9.69 Å². The molecule has 4 rings (SSSR count). The fraction of sp³-hybridized carbons (Fsp3) is 0.381. The Kier molecular flexibility index (Phi) is 4.90. The van der Waals surface area contributed by atoms with Gasteiger partial charge in [0, 0.05) is 38.4 Å². The van der Waals surface area contributed by atoms with E-state index in [4.69, 9.17) is 0 Å². The zero-order chi connectivity index (χ0) is 18.8. The molecule has 0 bridgehead atoms. The topological polar surface area (TPSA) is 63.1 Å². The third-order valence-corrected chi connectivity index (χ3v) is 5.51. The Morgan fingerprint density at radius 3 is 2.67 bits per heavy atom. The van der Waals surface area contributed by atoms with Crippen molar-refractivity contribution < 1.29 is 4.79 Å². The van der Waals surface area contributed by atoms with Gasteiger partial charge in [0.1, 0.15) is 5.52 Å². The standard InChI is InChI=1S/C21H25N5O/c1-15(16-6-4-3-5-7-16)26-10-8-18(9-11-26)24-21(27)17-12-19-20(22-13-17)25(2)14-23-19/h3-7,12-15,18H,8-11H2,1-2H3,(H,24,27)/t15-/m0/s1. The molecule has 1 aromatic carbocycles. The maximum atomic E-state index is 12.6. The molecule has 1 amide bonds. The fourth-order valence-electron chi connectivity index (χ4n) is 3.78. The third kappa shape index (κ3) is 3.71. The Morgan fingerprint density at radius 1 is 1.19 bits per heavy atom. The molecule has 0 radical (unpaired) electrons. The van der Waals surface area contributed by atoms with Crippen molar-refractivity contribution in [2.24, 2.45) is 7.05 Å². The summed E-state index contributed by atoms with van der Waals surface area (Å²) in [5.41, 5.74) is 3.45. The molecule has 27 heavy (non-hydrogen) atoms. The second-order valence-electron chi connectivity index (χ2n) is 7.29. The molecule has 2 aromatic heterocycles. The number of amides is 1. The lowest BCUT2D eigenvalue weighted by atomic mass is 10.00. The number of fused-ring (bicyclic) bond motifs is 1. The third-order valence-electron chi connectivity index (χ3n) is 5.51. The van der Waals surface area contributed by atoms with Crippen LogP contribution in [0.25, 0.3) is 11.2 Å². The van der Waals surface area contributed by atoms with Gasteiger partial charge in [-0.15, -0.1) is 0 Å². The van der Waals surface area contributed by atoms with E-state index < -0.39 is 0 Å². The molecular formula is C21H25N5O. The van der Waals surface area contributed by atoms with Crippen molar-refractivity contribution in [2.45, 2.75) is 31.8 Å². The molecule has 1 saturated heterocycles. The molecule has 0 saturated carbocycles. The molecule has 0 unspecified atom stereocenters. The summed E-state index contributed by atoms with van der Waals surface area (Å²) in [7, 11) is 1.90. The quantitative estimate of drug-likeness (QED) is 0.774. The van der Waals surface area contributed by atoms with Gasteiger partial charge >= 0.3 is 0 Å². The number of piperidine rings is 1. The summed E-state index contributed by atoms with van der Waals surface area (Å²) in [5.74, 6) is -0.0652. The van der Waals surface area contributed by atoms with Crippen LogP contribution in [0.2, 0.25) is 0 Å². The predicted octanol–water partition coefficient (Wildman–Crippen LogP) is 2.92. The van der Waals surface area contributed by atoms with Crippen LogP contribution in [0.15, 0.2) is 48.9 Å². The van der Waals surface area contributed by atoms with E-state index in [2.05, 4.69) is 57.4 Å². The highest BCUT2D eigenvalue weighted by Gasteiger charge is 2.25. The van der Waals surface area contributed by atoms with Crippen molar-refractivity contribution in [1.29, 1.82) is 0 Å². The first kappa shape index (κ1) is 17.7. The Morgan fingerprint density at radius 2 is 1.93 bits per heavy atom. The van der Waals surface area contributed by atoms with Gasteiger partial charge in [0.15, 0.2) is 5.65 Å². The number of hydrogen-bond acceptors (Lipinski definition) is 4. The van der Waals surface area contributed by atoms with Crippen LogP contribution in [0.5, 0.6) is 0 Å². The van der Waals surface area contributed by atoms with Crippen LogP contribution in [-0.4, -0.2) is 44.5 Å². The van der Waals surface area contributed by atoms with Gasteiger partial charge in [0.05, 0.1) is 11.9 Å². The maximum absolute atomic E-state index is 12.6. The number of hydrogen-bond donors (Lipinski definition) is 1. The first-order chi connectivity index (χ1) is 13.1. The van der Waals surface area contributed by atoms with Crippen LogP contribution in [-0.2, 0) is 7.05 Å². The molecule has 1 aliphatic rings. The molecule has 1 atom stereocenters. The average molecular weight is 363 g/mol. The van der Waals surface area contributed by atoms with Crippen molar-refractivity contribution in [1.82, 2.24) is 24.8 Å². The molecule has 6 nitrogen and oxygen atoms in total. The van der Waals surface area contributed by atoms with Gasteiger partial charge in [0.2, 0.25) is 0 Å². The van der Waals surface area contributed by atoms with Crippen molar-refractivity contribution in [3.63, 3.8) is 0 Å². The van der Waals surface area contributed by atoms with E-state index >= 15 is 0 Å². The largest absolute Gasteiger partial charge is 0.349 e. The fourth-order valence-corrected chi connectivity index (χ4v) is 3.78. The van der Waals surface area contributed by atoms with E-state index in [0.717, 1.165) is 37.1 Å². The minimum atomic E-state index is -0.0652. The van der Waals surface area contributed by atoms with Gasteiger partial charge in [-0.1, -0.05) is 30.3 Å². The number of carbonyl (C=O) groups is 1. The average Bonchev–Trinajstić information content (AvgIpc) is 3.09. The number of likely N-dealkylation sites (tertiary alicyclic amines) is 1. The summed E-state index contributed by atoms with van der Waals surface area (Å²) in [6.07, 6.45) is 5.26. The summed E-state index contributed by atoms with van der Waals surface area (Å²) < 4.78 is 1.85. The summed E-state index contributed by atoms with van der Waals surface area (Å²) in [6.45, 7) is 4.22. The molecule has 3 aromatic rings. The van der Waals surface area contributed by atoms with Crippen LogP contribution in [0.4, 0.5) is 0 Å². The van der Waals surface area contributed by atoms with E-state index in [-0.39, 0.29) is 11.9 Å². The van der Waals surface area contributed by atoms with Crippen molar-refractivity contribution >= 4 is 17.1 Å². The summed E-state index contributed by atoms with van der Waals surface area (Å²) in [4.78, 5) is 23.7. The maximum Gasteiger partial charge on any atom is 0.253 e. The van der Waals surface area contributed by atoms with Crippen LogP contribution in [0.1, 0.15) is 41.7 Å². The van der Waals surface area contributed by atoms with Crippen molar-refractivity contribution in [2.75, 3.05) is 13.1 Å². The lowest BCUT2D eigenvalue weighted by Crippen LogP contribution is -2.45. The van der Waals surface area contributed by atoms with Gasteiger partial charge in [-0.05, 0) is 31.4 Å². The number of nitrogens with zero attached hydrogens (tertiary/aromatic N) is 4. The number of pyridine rings is 1. The van der Waals surface area contributed by atoms with E-state index in [1.54, 1.807) is 12.5 Å². The SMILES string of the molecule is C[C@@H](c1ccccc1)N1CCC(NC(=O)c2cnc3c(c2)ncn3C)CC1. The highest BCUT2D eigenvalue weighted by Crippen LogP contribution is 2.24. The Bertz CT molecular complexity index is 928. The van der Waals surface area contributed by atoms with E-state index in [0.29, 0.717) is 11.6 Å². The molecule has 3 heterocycles. The molecule has 1 N–H and O–H groups in total. The first-order valence-electron chi connectivity index (χ1n) is 9.49. The summed E-state index contributed by atoms with van der Waals surface area (Å²) in [5, 5.41) is 3.17. The van der Waals surface area contributed by atoms with Crippen molar-refractivity contribution in [3.8, 4) is 0 Å². The van der Waals surface area contributed by atoms with E-state index in [9.17, 15) is 4.79 Å². The number of benzene rings is 1. The first-order valence-corrected chi connectivity index (χ1v) is 9.49. The second kappa shape index (κ2) is 7.48. The van der Waals surface area contributed by atoms with Crippen LogP contribution < -0.4 is 5.32 Å². The minimum Gasteiger partial charge on any atom is -0.349 e. The van der Waals surface area contributed by atoms with Gasteiger partial charge in [-0.2, -0.15) is 0 Å². The number of carbonyl (C=O) groups excluding carboxylic acids is 1. The second-order valence-corrected chi connectivity index (χ2v) is 7.29. The molecular weight excluding hydrogens is 338 g/mol. The monoisotopic (exact) mass is 363 g/mol.